The quantitative estimate of drug-likeness (QED) is 0.378. The van der Waals surface area contributed by atoms with Crippen LogP contribution in [0.15, 0.2) is 53.3 Å². The van der Waals surface area contributed by atoms with Gasteiger partial charge in [0.25, 0.3) is 5.91 Å². The number of ether oxygens (including phenoxy) is 1. The molecule has 0 saturated heterocycles. The fraction of sp³-hybridized carbons (Fsp3) is 0.286. The fourth-order valence-electron chi connectivity index (χ4n) is 3.07. The van der Waals surface area contributed by atoms with E-state index in [1.54, 1.807) is 12.1 Å². The van der Waals surface area contributed by atoms with E-state index in [0.717, 1.165) is 16.5 Å². The van der Waals surface area contributed by atoms with Crippen molar-refractivity contribution >= 4 is 28.7 Å². The number of nitrogens with one attached hydrogen (secondary N) is 3. The van der Waals surface area contributed by atoms with Gasteiger partial charge in [0.1, 0.15) is 6.04 Å². The van der Waals surface area contributed by atoms with Crippen LogP contribution in [-0.2, 0) is 20.7 Å². The molecule has 3 rings (SSSR count). The van der Waals surface area contributed by atoms with Crippen molar-refractivity contribution in [3.8, 4) is 0 Å². The summed E-state index contributed by atoms with van der Waals surface area (Å²) in [6, 6.07) is 10.1. The first-order valence-electron chi connectivity index (χ1n) is 9.32. The molecule has 8 heteroatoms. The second-order valence-electron chi connectivity index (χ2n) is 6.54. The molecule has 0 spiro atoms. The molecule has 1 aromatic carbocycles. The van der Waals surface area contributed by atoms with Crippen LogP contribution in [0.1, 0.15) is 29.0 Å². The molecule has 2 amide bonds. The summed E-state index contributed by atoms with van der Waals surface area (Å²) in [7, 11) is 1.29. The van der Waals surface area contributed by atoms with Gasteiger partial charge in [-0.3, -0.25) is 9.59 Å². The third-order valence-electron chi connectivity index (χ3n) is 4.53. The summed E-state index contributed by atoms with van der Waals surface area (Å²) in [5.74, 6) is -0.900. The molecule has 0 fully saturated rings. The summed E-state index contributed by atoms with van der Waals surface area (Å²) in [6.45, 7) is 0.318. The van der Waals surface area contributed by atoms with Crippen LogP contribution in [-0.4, -0.2) is 42.5 Å². The van der Waals surface area contributed by atoms with E-state index in [4.69, 9.17) is 9.15 Å². The van der Waals surface area contributed by atoms with E-state index in [-0.39, 0.29) is 24.0 Å². The molecule has 1 atom stereocenters. The van der Waals surface area contributed by atoms with Crippen molar-refractivity contribution < 1.29 is 23.5 Å². The summed E-state index contributed by atoms with van der Waals surface area (Å²) in [6.07, 6.45) is 4.16. The first kappa shape index (κ1) is 20.2. The number of benzene rings is 1. The fourth-order valence-corrected chi connectivity index (χ4v) is 3.07. The van der Waals surface area contributed by atoms with E-state index < -0.39 is 12.0 Å². The number of carbonyl (C=O) groups is 3. The molecule has 0 aliphatic rings. The largest absolute Gasteiger partial charge is 0.467 e. The maximum absolute atomic E-state index is 12.3. The zero-order valence-corrected chi connectivity index (χ0v) is 16.1. The highest BCUT2D eigenvalue weighted by molar-refractivity contribution is 5.91. The van der Waals surface area contributed by atoms with Crippen molar-refractivity contribution in [1.82, 2.24) is 15.6 Å². The molecule has 2 aromatic heterocycles. The lowest BCUT2D eigenvalue weighted by Gasteiger charge is -2.16. The van der Waals surface area contributed by atoms with Crippen molar-refractivity contribution in [2.24, 2.45) is 0 Å². The Hall–Kier alpha value is -3.55. The van der Waals surface area contributed by atoms with Crippen LogP contribution in [0.25, 0.3) is 10.9 Å². The molecule has 8 nitrogen and oxygen atoms in total. The zero-order valence-electron chi connectivity index (χ0n) is 16.1. The van der Waals surface area contributed by atoms with Gasteiger partial charge in [0.2, 0.25) is 5.91 Å². The number of methoxy groups -OCH3 is 1. The van der Waals surface area contributed by atoms with E-state index in [0.29, 0.717) is 19.4 Å². The first-order valence-corrected chi connectivity index (χ1v) is 9.32. The molecule has 3 aromatic rings. The summed E-state index contributed by atoms with van der Waals surface area (Å²) in [5, 5.41) is 6.40. The summed E-state index contributed by atoms with van der Waals surface area (Å²) in [4.78, 5) is 39.4. The first-order chi connectivity index (χ1) is 14.1. The van der Waals surface area contributed by atoms with Crippen LogP contribution >= 0.6 is 0 Å². The Balaban J connectivity index is 1.51. The SMILES string of the molecule is COC(=O)[C@@H](Cc1c[nH]c2ccccc12)NC(=O)CCCNC(=O)c1ccco1. The van der Waals surface area contributed by atoms with Gasteiger partial charge < -0.3 is 24.8 Å². The molecule has 0 radical (unpaired) electrons. The van der Waals surface area contributed by atoms with Crippen LogP contribution in [0.3, 0.4) is 0 Å². The van der Waals surface area contributed by atoms with Crippen molar-refractivity contribution in [3.05, 3.63) is 60.2 Å². The number of aromatic amines is 1. The summed E-state index contributed by atoms with van der Waals surface area (Å²) in [5.41, 5.74) is 1.88. The average molecular weight is 397 g/mol. The zero-order chi connectivity index (χ0) is 20.6. The van der Waals surface area contributed by atoms with Crippen LogP contribution in [0.4, 0.5) is 0 Å². The minimum Gasteiger partial charge on any atom is -0.467 e. The lowest BCUT2D eigenvalue weighted by Crippen LogP contribution is -2.43. The monoisotopic (exact) mass is 397 g/mol. The molecule has 29 heavy (non-hydrogen) atoms. The Morgan fingerprint density at radius 3 is 2.76 bits per heavy atom. The van der Waals surface area contributed by atoms with Gasteiger partial charge in [-0.05, 0) is 30.2 Å². The van der Waals surface area contributed by atoms with E-state index in [2.05, 4.69) is 15.6 Å². The van der Waals surface area contributed by atoms with Gasteiger partial charge >= 0.3 is 5.97 Å². The second kappa shape index (κ2) is 9.59. The highest BCUT2D eigenvalue weighted by Crippen LogP contribution is 2.19. The number of H-pyrrole nitrogens is 1. The second-order valence-corrected chi connectivity index (χ2v) is 6.54. The topological polar surface area (TPSA) is 113 Å². The van der Waals surface area contributed by atoms with Gasteiger partial charge in [-0.1, -0.05) is 18.2 Å². The van der Waals surface area contributed by atoms with Gasteiger partial charge in [0, 0.05) is 36.5 Å². The Morgan fingerprint density at radius 2 is 2.00 bits per heavy atom. The minimum absolute atomic E-state index is 0.166. The number of rotatable bonds is 9. The Kier molecular flexibility index (Phi) is 6.67. The van der Waals surface area contributed by atoms with E-state index in [1.807, 2.05) is 30.5 Å². The number of aromatic nitrogens is 1. The molecular formula is C21H23N3O5. The molecule has 0 saturated carbocycles. The van der Waals surface area contributed by atoms with Crippen molar-refractivity contribution in [2.75, 3.05) is 13.7 Å². The van der Waals surface area contributed by atoms with Gasteiger partial charge in [-0.15, -0.1) is 0 Å². The molecule has 0 unspecified atom stereocenters. The molecule has 0 aliphatic carbocycles. The maximum atomic E-state index is 12.3. The van der Waals surface area contributed by atoms with Crippen LogP contribution in [0.5, 0.6) is 0 Å². The number of esters is 1. The number of fused-ring (bicyclic) bond motifs is 1. The van der Waals surface area contributed by atoms with E-state index in [1.165, 1.54) is 13.4 Å². The molecule has 2 heterocycles. The molecule has 152 valence electrons. The van der Waals surface area contributed by atoms with Crippen LogP contribution in [0.2, 0.25) is 0 Å². The molecular weight excluding hydrogens is 374 g/mol. The molecule has 0 bridgehead atoms. The number of para-hydroxylation sites is 1. The standard InChI is InChI=1S/C21H23N3O5/c1-28-21(27)17(12-14-13-23-16-7-3-2-6-15(14)16)24-19(25)9-4-10-22-20(26)18-8-5-11-29-18/h2-3,5-8,11,13,17,23H,4,9-10,12H2,1H3,(H,22,26)(H,24,25)/t17-/m1/s1. The van der Waals surface area contributed by atoms with Gasteiger partial charge in [0.05, 0.1) is 13.4 Å². The maximum Gasteiger partial charge on any atom is 0.328 e. The summed E-state index contributed by atoms with van der Waals surface area (Å²) >= 11 is 0. The Morgan fingerprint density at radius 1 is 1.17 bits per heavy atom. The minimum atomic E-state index is -0.788. The smallest absolute Gasteiger partial charge is 0.328 e. The predicted octanol–water partition coefficient (Wildman–Crippen LogP) is 2.17. The van der Waals surface area contributed by atoms with Gasteiger partial charge in [-0.25, -0.2) is 4.79 Å². The normalized spacial score (nSPS) is 11.8. The lowest BCUT2D eigenvalue weighted by atomic mass is 10.0. The van der Waals surface area contributed by atoms with Gasteiger partial charge in [-0.2, -0.15) is 0 Å². The lowest BCUT2D eigenvalue weighted by molar-refractivity contribution is -0.145. The van der Waals surface area contributed by atoms with Crippen LogP contribution < -0.4 is 10.6 Å². The number of hydrogen-bond acceptors (Lipinski definition) is 5. The predicted molar refractivity (Wildman–Crippen MR) is 106 cm³/mol. The molecule has 0 aliphatic heterocycles. The number of amides is 2. The van der Waals surface area contributed by atoms with E-state index >= 15 is 0 Å². The number of carbonyl (C=O) groups excluding carboxylic acids is 3. The van der Waals surface area contributed by atoms with Crippen molar-refractivity contribution in [3.63, 3.8) is 0 Å². The van der Waals surface area contributed by atoms with Crippen LogP contribution in [0, 0.1) is 0 Å². The van der Waals surface area contributed by atoms with Crippen molar-refractivity contribution in [1.29, 1.82) is 0 Å². The number of furan rings is 1. The Labute approximate surface area is 167 Å². The highest BCUT2D eigenvalue weighted by atomic mass is 16.5. The molecule has 3 N–H and O–H groups in total. The third-order valence-corrected chi connectivity index (χ3v) is 4.53. The highest BCUT2D eigenvalue weighted by Gasteiger charge is 2.23. The third kappa shape index (κ3) is 5.25. The summed E-state index contributed by atoms with van der Waals surface area (Å²) < 4.78 is 9.84. The van der Waals surface area contributed by atoms with Crippen molar-refractivity contribution in [2.45, 2.75) is 25.3 Å². The average Bonchev–Trinajstić information content (AvgIpc) is 3.40. The van der Waals surface area contributed by atoms with Gasteiger partial charge in [0.15, 0.2) is 5.76 Å². The number of hydrogen-bond donors (Lipinski definition) is 3. The Bertz CT molecular complexity index is 977. The van der Waals surface area contributed by atoms with E-state index in [9.17, 15) is 14.4 Å².